The highest BCUT2D eigenvalue weighted by atomic mass is 35.5. The second-order valence-electron chi connectivity index (χ2n) is 3.61. The molecule has 0 radical (unpaired) electrons. The Morgan fingerprint density at radius 3 is 3.00 bits per heavy atom. The number of aromatic nitrogens is 2. The fourth-order valence-corrected chi connectivity index (χ4v) is 2.47. The van der Waals surface area contributed by atoms with E-state index < -0.39 is 0 Å². The summed E-state index contributed by atoms with van der Waals surface area (Å²) in [6.07, 6.45) is 1.46. The highest BCUT2D eigenvalue weighted by Crippen LogP contribution is 2.34. The van der Waals surface area contributed by atoms with Crippen molar-refractivity contribution in [1.29, 1.82) is 0 Å². The van der Waals surface area contributed by atoms with E-state index in [9.17, 15) is 0 Å². The van der Waals surface area contributed by atoms with Crippen LogP contribution in [-0.4, -0.2) is 9.97 Å². The number of fused-ring (bicyclic) bond motifs is 1. The summed E-state index contributed by atoms with van der Waals surface area (Å²) < 4.78 is 6.59. The van der Waals surface area contributed by atoms with Crippen LogP contribution in [-0.2, 0) is 0 Å². The Morgan fingerprint density at radius 1 is 1.22 bits per heavy atom. The SMILES string of the molecule is Nc1ccc(Cl)c(Oc2ncnc3ccsc23)c1. The fraction of sp³-hybridized carbons (Fsp3) is 0. The Bertz CT molecular complexity index is 713. The number of halogens is 1. The predicted molar refractivity (Wildman–Crippen MR) is 73.4 cm³/mol. The van der Waals surface area contributed by atoms with Gasteiger partial charge in [-0.15, -0.1) is 11.3 Å². The first-order chi connectivity index (χ1) is 8.74. The van der Waals surface area contributed by atoms with Crippen molar-refractivity contribution < 1.29 is 4.74 Å². The highest BCUT2D eigenvalue weighted by molar-refractivity contribution is 7.17. The van der Waals surface area contributed by atoms with E-state index in [2.05, 4.69) is 9.97 Å². The molecule has 0 aliphatic heterocycles. The second-order valence-corrected chi connectivity index (χ2v) is 4.93. The molecule has 2 N–H and O–H groups in total. The number of nitrogens with zero attached hydrogens (tertiary/aromatic N) is 2. The number of anilines is 1. The van der Waals surface area contributed by atoms with E-state index >= 15 is 0 Å². The summed E-state index contributed by atoms with van der Waals surface area (Å²) in [6, 6.07) is 6.99. The molecule has 3 aromatic rings. The van der Waals surface area contributed by atoms with E-state index in [1.807, 2.05) is 11.4 Å². The third-order valence-electron chi connectivity index (χ3n) is 2.37. The summed E-state index contributed by atoms with van der Waals surface area (Å²) in [4.78, 5) is 8.27. The van der Waals surface area contributed by atoms with Crippen LogP contribution in [0, 0.1) is 0 Å². The zero-order chi connectivity index (χ0) is 12.5. The van der Waals surface area contributed by atoms with Crippen molar-refractivity contribution in [1.82, 2.24) is 9.97 Å². The molecule has 2 aromatic heterocycles. The van der Waals surface area contributed by atoms with Gasteiger partial charge in [0.2, 0.25) is 5.88 Å². The van der Waals surface area contributed by atoms with Crippen LogP contribution in [0.2, 0.25) is 5.02 Å². The van der Waals surface area contributed by atoms with Crippen molar-refractivity contribution in [2.75, 3.05) is 5.73 Å². The van der Waals surface area contributed by atoms with Gasteiger partial charge in [0, 0.05) is 11.8 Å². The van der Waals surface area contributed by atoms with E-state index in [0.717, 1.165) is 10.2 Å². The van der Waals surface area contributed by atoms with E-state index in [1.165, 1.54) is 17.7 Å². The Labute approximate surface area is 112 Å². The fourth-order valence-electron chi connectivity index (χ4n) is 1.54. The van der Waals surface area contributed by atoms with Crippen molar-refractivity contribution in [3.8, 4) is 11.6 Å². The normalized spacial score (nSPS) is 10.7. The number of nitrogen functional groups attached to an aromatic ring is 1. The third kappa shape index (κ3) is 1.98. The minimum atomic E-state index is 0.488. The molecule has 0 aliphatic carbocycles. The molecule has 0 amide bonds. The van der Waals surface area contributed by atoms with E-state index in [0.29, 0.717) is 22.3 Å². The Balaban J connectivity index is 2.06. The summed E-state index contributed by atoms with van der Waals surface area (Å²) in [7, 11) is 0. The van der Waals surface area contributed by atoms with Crippen molar-refractivity contribution in [3.05, 3.63) is 41.0 Å². The van der Waals surface area contributed by atoms with Gasteiger partial charge in [0.05, 0.1) is 10.5 Å². The number of benzene rings is 1. The number of rotatable bonds is 2. The van der Waals surface area contributed by atoms with Gasteiger partial charge in [0.25, 0.3) is 0 Å². The Kier molecular flexibility index (Phi) is 2.77. The van der Waals surface area contributed by atoms with Crippen LogP contribution < -0.4 is 10.5 Å². The van der Waals surface area contributed by atoms with Crippen LogP contribution in [0.3, 0.4) is 0 Å². The molecule has 0 unspecified atom stereocenters. The van der Waals surface area contributed by atoms with Crippen LogP contribution in [0.25, 0.3) is 10.2 Å². The predicted octanol–water partition coefficient (Wildman–Crippen LogP) is 3.72. The van der Waals surface area contributed by atoms with Gasteiger partial charge in [-0.2, -0.15) is 0 Å². The smallest absolute Gasteiger partial charge is 0.240 e. The average Bonchev–Trinajstić information content (AvgIpc) is 2.83. The van der Waals surface area contributed by atoms with Crippen LogP contribution in [0.15, 0.2) is 36.0 Å². The van der Waals surface area contributed by atoms with E-state index in [-0.39, 0.29) is 0 Å². The van der Waals surface area contributed by atoms with Gasteiger partial charge in [-0.1, -0.05) is 11.6 Å². The van der Waals surface area contributed by atoms with Crippen molar-refractivity contribution in [2.45, 2.75) is 0 Å². The van der Waals surface area contributed by atoms with Crippen LogP contribution >= 0.6 is 22.9 Å². The molecule has 0 saturated carbocycles. The quantitative estimate of drug-likeness (QED) is 0.725. The molecule has 6 heteroatoms. The van der Waals surface area contributed by atoms with Crippen molar-refractivity contribution in [3.63, 3.8) is 0 Å². The first kappa shape index (κ1) is 11.3. The summed E-state index contributed by atoms with van der Waals surface area (Å²) in [6.45, 7) is 0. The molecule has 0 spiro atoms. The number of ether oxygens (including phenoxy) is 1. The van der Waals surface area contributed by atoms with Gasteiger partial charge in [-0.05, 0) is 23.6 Å². The Morgan fingerprint density at radius 2 is 2.11 bits per heavy atom. The zero-order valence-electron chi connectivity index (χ0n) is 9.13. The van der Waals surface area contributed by atoms with Crippen LogP contribution in [0.5, 0.6) is 11.6 Å². The first-order valence-electron chi connectivity index (χ1n) is 5.15. The molecule has 18 heavy (non-hydrogen) atoms. The van der Waals surface area contributed by atoms with Crippen molar-refractivity contribution >= 4 is 38.8 Å². The summed E-state index contributed by atoms with van der Waals surface area (Å²) in [5.41, 5.74) is 7.15. The maximum atomic E-state index is 6.05. The molecule has 0 fully saturated rings. The molecule has 4 nitrogen and oxygen atoms in total. The lowest BCUT2D eigenvalue weighted by Gasteiger charge is -2.07. The number of nitrogens with two attached hydrogens (primary N) is 1. The molecule has 90 valence electrons. The summed E-state index contributed by atoms with van der Waals surface area (Å²) >= 11 is 7.57. The molecular weight excluding hydrogens is 270 g/mol. The van der Waals surface area contributed by atoms with Crippen LogP contribution in [0.1, 0.15) is 0 Å². The van der Waals surface area contributed by atoms with Gasteiger partial charge >= 0.3 is 0 Å². The second kappa shape index (κ2) is 4.44. The number of hydrogen-bond donors (Lipinski definition) is 1. The Hall–Kier alpha value is -1.85. The molecule has 3 rings (SSSR count). The molecule has 0 atom stereocenters. The maximum Gasteiger partial charge on any atom is 0.240 e. The number of thiophene rings is 1. The lowest BCUT2D eigenvalue weighted by molar-refractivity contribution is 0.469. The zero-order valence-corrected chi connectivity index (χ0v) is 10.7. The van der Waals surface area contributed by atoms with Crippen LogP contribution in [0.4, 0.5) is 5.69 Å². The molecule has 0 bridgehead atoms. The molecule has 0 aliphatic rings. The standard InChI is InChI=1S/C12H8ClN3OS/c13-8-2-1-7(14)5-10(8)17-12-11-9(3-4-18-11)15-6-16-12/h1-6H,14H2. The summed E-state index contributed by atoms with van der Waals surface area (Å²) in [5.74, 6) is 0.979. The highest BCUT2D eigenvalue weighted by Gasteiger charge is 2.09. The first-order valence-corrected chi connectivity index (χ1v) is 6.41. The van der Waals surface area contributed by atoms with Crippen molar-refractivity contribution in [2.24, 2.45) is 0 Å². The molecule has 0 saturated heterocycles. The van der Waals surface area contributed by atoms with Gasteiger partial charge in [0.1, 0.15) is 16.8 Å². The molecule has 1 aromatic carbocycles. The summed E-state index contributed by atoms with van der Waals surface area (Å²) in [5, 5.41) is 2.43. The van der Waals surface area contributed by atoms with E-state index in [4.69, 9.17) is 22.1 Å². The minimum Gasteiger partial charge on any atom is -0.436 e. The van der Waals surface area contributed by atoms with E-state index in [1.54, 1.807) is 18.2 Å². The van der Waals surface area contributed by atoms with Gasteiger partial charge in [0.15, 0.2) is 0 Å². The number of hydrogen-bond acceptors (Lipinski definition) is 5. The topological polar surface area (TPSA) is 61.0 Å². The maximum absolute atomic E-state index is 6.05. The minimum absolute atomic E-state index is 0.488. The monoisotopic (exact) mass is 277 g/mol. The lowest BCUT2D eigenvalue weighted by Crippen LogP contribution is -1.92. The average molecular weight is 278 g/mol. The lowest BCUT2D eigenvalue weighted by atomic mass is 10.3. The van der Waals surface area contributed by atoms with Gasteiger partial charge in [-0.25, -0.2) is 9.97 Å². The third-order valence-corrected chi connectivity index (χ3v) is 3.58. The molecular formula is C12H8ClN3OS. The molecule has 2 heterocycles. The largest absolute Gasteiger partial charge is 0.436 e. The van der Waals surface area contributed by atoms with Gasteiger partial charge < -0.3 is 10.5 Å². The van der Waals surface area contributed by atoms with Gasteiger partial charge in [-0.3, -0.25) is 0 Å².